The van der Waals surface area contributed by atoms with Crippen molar-refractivity contribution in [2.24, 2.45) is 5.92 Å². The van der Waals surface area contributed by atoms with Gasteiger partial charge < -0.3 is 14.4 Å². The van der Waals surface area contributed by atoms with Crippen LogP contribution in [0.3, 0.4) is 0 Å². The number of carbonyl (C=O) groups excluding carboxylic acids is 1. The highest BCUT2D eigenvalue weighted by molar-refractivity contribution is 5.95. The van der Waals surface area contributed by atoms with Crippen molar-refractivity contribution in [3.63, 3.8) is 0 Å². The van der Waals surface area contributed by atoms with Gasteiger partial charge in [0.15, 0.2) is 11.6 Å². The molecule has 4 rings (SSSR count). The first-order valence-electron chi connectivity index (χ1n) is 8.75. The molecule has 1 amide bonds. The monoisotopic (exact) mass is 360 g/mol. The molecule has 0 N–H and O–H groups in total. The Kier molecular flexibility index (Phi) is 4.58. The van der Waals surface area contributed by atoms with Gasteiger partial charge in [-0.15, -0.1) is 5.10 Å². The number of benzene rings is 1. The van der Waals surface area contributed by atoms with Gasteiger partial charge in [-0.05, 0) is 37.0 Å². The summed E-state index contributed by atoms with van der Waals surface area (Å²) in [5.74, 6) is 0.111. The fraction of sp³-hybridized carbons (Fsp3) is 0.500. The Morgan fingerprint density at radius 1 is 1.35 bits per heavy atom. The lowest BCUT2D eigenvalue weighted by Crippen LogP contribution is -2.50. The van der Waals surface area contributed by atoms with Crippen LogP contribution in [0.2, 0.25) is 0 Å². The largest absolute Gasteiger partial charge is 0.494 e. The molecular weight excluding hydrogens is 339 g/mol. The number of nitrogens with zero attached hydrogens (tertiary/aromatic N) is 4. The molecule has 2 heterocycles. The van der Waals surface area contributed by atoms with E-state index in [0.717, 1.165) is 18.2 Å². The molecule has 2 fully saturated rings. The first-order chi connectivity index (χ1) is 12.6. The predicted octanol–water partition coefficient (Wildman–Crippen LogP) is 2.05. The van der Waals surface area contributed by atoms with E-state index in [1.165, 1.54) is 32.1 Å². The maximum atomic E-state index is 13.8. The highest BCUT2D eigenvalue weighted by Crippen LogP contribution is 2.29. The number of likely N-dealkylation sites (tertiary alicyclic amines) is 1. The summed E-state index contributed by atoms with van der Waals surface area (Å²) in [6.07, 6.45) is 4.39. The van der Waals surface area contributed by atoms with Gasteiger partial charge in [-0.1, -0.05) is 5.21 Å². The normalized spacial score (nSPS) is 17.2. The van der Waals surface area contributed by atoms with Crippen molar-refractivity contribution in [1.29, 1.82) is 0 Å². The van der Waals surface area contributed by atoms with Gasteiger partial charge in [-0.2, -0.15) is 0 Å². The molecule has 1 aliphatic heterocycles. The smallest absolute Gasteiger partial charge is 0.254 e. The first-order valence-corrected chi connectivity index (χ1v) is 8.75. The number of hydrogen-bond donors (Lipinski definition) is 0. The minimum Gasteiger partial charge on any atom is -0.494 e. The lowest BCUT2D eigenvalue weighted by Gasteiger charge is -2.38. The van der Waals surface area contributed by atoms with Gasteiger partial charge in [0, 0.05) is 25.3 Å². The van der Waals surface area contributed by atoms with E-state index in [1.807, 2.05) is 6.20 Å². The van der Waals surface area contributed by atoms with E-state index >= 15 is 0 Å². The summed E-state index contributed by atoms with van der Waals surface area (Å²) < 4.78 is 26.0. The van der Waals surface area contributed by atoms with Crippen LogP contribution in [0, 0.1) is 11.7 Å². The summed E-state index contributed by atoms with van der Waals surface area (Å²) in [6.45, 7) is 2.31. The molecule has 7 nitrogen and oxygen atoms in total. The Hall–Kier alpha value is -2.48. The van der Waals surface area contributed by atoms with E-state index in [9.17, 15) is 9.18 Å². The van der Waals surface area contributed by atoms with E-state index in [4.69, 9.17) is 9.47 Å². The molecule has 138 valence electrons. The lowest BCUT2D eigenvalue weighted by molar-refractivity contribution is 0.0497. The van der Waals surface area contributed by atoms with E-state index in [1.54, 1.807) is 15.6 Å². The Morgan fingerprint density at radius 3 is 2.85 bits per heavy atom. The molecule has 1 saturated heterocycles. The molecule has 0 atom stereocenters. The average molecular weight is 360 g/mol. The molecule has 8 heteroatoms. The van der Waals surface area contributed by atoms with Crippen LogP contribution in [0.15, 0.2) is 24.4 Å². The Balaban J connectivity index is 1.29. The fourth-order valence-electron chi connectivity index (χ4n) is 2.94. The zero-order valence-corrected chi connectivity index (χ0v) is 14.6. The molecule has 0 bridgehead atoms. The second-order valence-electron chi connectivity index (χ2n) is 6.86. The molecule has 1 aromatic carbocycles. The van der Waals surface area contributed by atoms with Crippen LogP contribution in [-0.2, 0) is 11.3 Å². The van der Waals surface area contributed by atoms with Gasteiger partial charge in [0.25, 0.3) is 5.91 Å². The van der Waals surface area contributed by atoms with Crippen LogP contribution in [0.4, 0.5) is 4.39 Å². The van der Waals surface area contributed by atoms with Gasteiger partial charge in [0.2, 0.25) is 0 Å². The number of rotatable bonds is 7. The molecule has 1 aliphatic carbocycles. The van der Waals surface area contributed by atoms with Crippen molar-refractivity contribution in [3.05, 3.63) is 41.5 Å². The van der Waals surface area contributed by atoms with Crippen molar-refractivity contribution in [1.82, 2.24) is 19.9 Å². The van der Waals surface area contributed by atoms with Gasteiger partial charge in [0.05, 0.1) is 26.0 Å². The number of ether oxygens (including phenoxy) is 2. The number of hydrogen-bond acceptors (Lipinski definition) is 5. The number of halogens is 1. The molecule has 2 aliphatic rings. The van der Waals surface area contributed by atoms with Gasteiger partial charge >= 0.3 is 0 Å². The van der Waals surface area contributed by atoms with E-state index in [2.05, 4.69) is 10.3 Å². The zero-order valence-electron chi connectivity index (χ0n) is 14.6. The Bertz CT molecular complexity index is 799. The van der Waals surface area contributed by atoms with Crippen molar-refractivity contribution in [2.45, 2.75) is 25.5 Å². The molecular formula is C18H21FN4O3. The minimum absolute atomic E-state index is 0.0896. The Morgan fingerprint density at radius 2 is 2.15 bits per heavy atom. The minimum atomic E-state index is -0.539. The summed E-state index contributed by atoms with van der Waals surface area (Å²) in [6, 6.07) is 4.33. The zero-order chi connectivity index (χ0) is 18.1. The number of amides is 1. The number of carbonyl (C=O) groups is 1. The Labute approximate surface area is 150 Å². The SMILES string of the molecule is COc1ccc(C(=O)N2CC(n3cc(COCC4CC4)nn3)C2)cc1F. The van der Waals surface area contributed by atoms with Gasteiger partial charge in [-0.3, -0.25) is 4.79 Å². The molecule has 1 aromatic heterocycles. The second kappa shape index (κ2) is 7.03. The van der Waals surface area contributed by atoms with Crippen molar-refractivity contribution in [3.8, 4) is 5.75 Å². The van der Waals surface area contributed by atoms with E-state index < -0.39 is 5.82 Å². The third kappa shape index (κ3) is 3.55. The molecule has 0 unspecified atom stereocenters. The quantitative estimate of drug-likeness (QED) is 0.756. The molecule has 2 aromatic rings. The van der Waals surface area contributed by atoms with Crippen LogP contribution in [-0.4, -0.2) is 52.6 Å². The number of methoxy groups -OCH3 is 1. The van der Waals surface area contributed by atoms with Crippen LogP contribution in [0.5, 0.6) is 5.75 Å². The predicted molar refractivity (Wildman–Crippen MR) is 90.3 cm³/mol. The summed E-state index contributed by atoms with van der Waals surface area (Å²) in [5.41, 5.74) is 1.11. The second-order valence-corrected chi connectivity index (χ2v) is 6.86. The van der Waals surface area contributed by atoms with Gasteiger partial charge in [0.1, 0.15) is 5.69 Å². The van der Waals surface area contributed by atoms with Crippen LogP contribution in [0.1, 0.15) is 34.9 Å². The average Bonchev–Trinajstić information content (AvgIpc) is 3.31. The van der Waals surface area contributed by atoms with Crippen molar-refractivity contribution < 1.29 is 18.7 Å². The maximum absolute atomic E-state index is 13.8. The van der Waals surface area contributed by atoms with Crippen LogP contribution < -0.4 is 4.74 Å². The van der Waals surface area contributed by atoms with E-state index in [0.29, 0.717) is 25.3 Å². The van der Waals surface area contributed by atoms with E-state index in [-0.39, 0.29) is 17.7 Å². The van der Waals surface area contributed by atoms with Crippen LogP contribution in [0.25, 0.3) is 0 Å². The summed E-state index contributed by atoms with van der Waals surface area (Å²) in [4.78, 5) is 14.1. The van der Waals surface area contributed by atoms with Crippen molar-refractivity contribution >= 4 is 5.91 Å². The fourth-order valence-corrected chi connectivity index (χ4v) is 2.94. The first kappa shape index (κ1) is 17.0. The standard InChI is InChI=1S/C18H21FN4O3/c1-25-17-5-4-13(6-16(17)19)18(24)22-8-15(9-22)23-7-14(20-21-23)11-26-10-12-2-3-12/h4-7,12,15H,2-3,8-11H2,1H3. The van der Waals surface area contributed by atoms with Crippen molar-refractivity contribution in [2.75, 3.05) is 26.8 Å². The molecule has 0 radical (unpaired) electrons. The molecule has 1 saturated carbocycles. The van der Waals surface area contributed by atoms with Gasteiger partial charge in [-0.25, -0.2) is 9.07 Å². The summed E-state index contributed by atoms with van der Waals surface area (Å²) >= 11 is 0. The third-order valence-corrected chi connectivity index (χ3v) is 4.78. The third-order valence-electron chi connectivity index (χ3n) is 4.78. The summed E-state index contributed by atoms with van der Waals surface area (Å²) in [7, 11) is 1.39. The maximum Gasteiger partial charge on any atom is 0.254 e. The molecule has 0 spiro atoms. The highest BCUT2D eigenvalue weighted by atomic mass is 19.1. The highest BCUT2D eigenvalue weighted by Gasteiger charge is 2.33. The summed E-state index contributed by atoms with van der Waals surface area (Å²) in [5, 5.41) is 8.24. The topological polar surface area (TPSA) is 69.5 Å². The lowest BCUT2D eigenvalue weighted by atomic mass is 10.1. The molecule has 26 heavy (non-hydrogen) atoms. The number of aromatic nitrogens is 3. The van der Waals surface area contributed by atoms with Crippen LogP contribution >= 0.6 is 0 Å².